The molecule has 114 valence electrons. The monoisotopic (exact) mass is 308 g/mol. The van der Waals surface area contributed by atoms with Crippen LogP contribution >= 0.6 is 12.2 Å². The Kier molecular flexibility index (Phi) is 5.52. The van der Waals surface area contributed by atoms with Gasteiger partial charge in [-0.2, -0.15) is 0 Å². The molecule has 0 saturated carbocycles. The zero-order valence-corrected chi connectivity index (χ0v) is 12.8. The van der Waals surface area contributed by atoms with Gasteiger partial charge in [-0.15, -0.1) is 0 Å². The first-order valence-electron chi connectivity index (χ1n) is 7.05. The minimum absolute atomic E-state index is 0.141. The Morgan fingerprint density at radius 2 is 2.19 bits per heavy atom. The summed E-state index contributed by atoms with van der Waals surface area (Å²) in [6.45, 7) is 3.08. The van der Waals surface area contributed by atoms with E-state index in [1.165, 1.54) is 0 Å². The van der Waals surface area contributed by atoms with Gasteiger partial charge in [0.15, 0.2) is 0 Å². The molecule has 6 heteroatoms. The van der Waals surface area contributed by atoms with Crippen LogP contribution in [0.15, 0.2) is 30.3 Å². The maximum absolute atomic E-state index is 12.3. The fraction of sp³-hybridized carbons (Fsp3) is 0.467. The van der Waals surface area contributed by atoms with Gasteiger partial charge in [-0.3, -0.25) is 4.79 Å². The predicted octanol–water partition coefficient (Wildman–Crippen LogP) is 1.06. The van der Waals surface area contributed by atoms with E-state index in [2.05, 4.69) is 5.32 Å². The SMILES string of the molecule is CCOC(=S)N1C[C@H](O)C[C@@H]1C(=O)NCc1ccccc1. The van der Waals surface area contributed by atoms with Crippen molar-refractivity contribution in [2.75, 3.05) is 13.2 Å². The molecule has 1 aromatic carbocycles. The maximum atomic E-state index is 12.3. The molecular formula is C15H20N2O3S. The highest BCUT2D eigenvalue weighted by Crippen LogP contribution is 2.19. The van der Waals surface area contributed by atoms with E-state index in [9.17, 15) is 9.90 Å². The second-order valence-corrected chi connectivity index (χ2v) is 5.31. The lowest BCUT2D eigenvalue weighted by atomic mass is 10.1. The number of likely N-dealkylation sites (tertiary alicyclic amines) is 1. The second-order valence-electron chi connectivity index (χ2n) is 4.96. The fourth-order valence-corrected chi connectivity index (χ4v) is 2.69. The summed E-state index contributed by atoms with van der Waals surface area (Å²) in [5.74, 6) is -0.141. The van der Waals surface area contributed by atoms with Crippen molar-refractivity contribution in [3.63, 3.8) is 0 Å². The molecule has 2 atom stereocenters. The first-order chi connectivity index (χ1) is 10.1. The van der Waals surface area contributed by atoms with E-state index in [-0.39, 0.29) is 11.1 Å². The average molecular weight is 308 g/mol. The Labute approximate surface area is 129 Å². The van der Waals surface area contributed by atoms with Crippen molar-refractivity contribution in [3.8, 4) is 0 Å². The van der Waals surface area contributed by atoms with Crippen LogP contribution < -0.4 is 5.32 Å². The van der Waals surface area contributed by atoms with Crippen molar-refractivity contribution in [1.82, 2.24) is 10.2 Å². The lowest BCUT2D eigenvalue weighted by Crippen LogP contribution is -2.45. The molecule has 1 saturated heterocycles. The molecule has 0 aromatic heterocycles. The number of aliphatic hydroxyl groups is 1. The summed E-state index contributed by atoms with van der Waals surface area (Å²) in [5.41, 5.74) is 1.03. The first-order valence-corrected chi connectivity index (χ1v) is 7.45. The number of nitrogens with one attached hydrogen (secondary N) is 1. The summed E-state index contributed by atoms with van der Waals surface area (Å²) in [7, 11) is 0. The number of thiocarbonyl (C=S) groups is 1. The van der Waals surface area contributed by atoms with E-state index >= 15 is 0 Å². The molecule has 1 heterocycles. The van der Waals surface area contributed by atoms with Gasteiger partial charge in [0.25, 0.3) is 5.17 Å². The Morgan fingerprint density at radius 3 is 2.86 bits per heavy atom. The molecule has 2 N–H and O–H groups in total. The van der Waals surface area contributed by atoms with E-state index in [1.54, 1.807) is 4.90 Å². The summed E-state index contributed by atoms with van der Waals surface area (Å²) < 4.78 is 5.28. The number of hydrogen-bond donors (Lipinski definition) is 2. The predicted molar refractivity (Wildman–Crippen MR) is 83.6 cm³/mol. The Morgan fingerprint density at radius 1 is 1.48 bits per heavy atom. The van der Waals surface area contributed by atoms with E-state index in [0.29, 0.717) is 26.1 Å². The third-order valence-corrected chi connectivity index (χ3v) is 3.75. The van der Waals surface area contributed by atoms with Crippen molar-refractivity contribution in [3.05, 3.63) is 35.9 Å². The molecule has 0 unspecified atom stereocenters. The quantitative estimate of drug-likeness (QED) is 0.815. The van der Waals surface area contributed by atoms with Gasteiger partial charge in [0, 0.05) is 19.5 Å². The van der Waals surface area contributed by atoms with Crippen LogP contribution in [0.2, 0.25) is 0 Å². The second kappa shape index (κ2) is 7.38. The Balaban J connectivity index is 1.94. The highest BCUT2D eigenvalue weighted by atomic mass is 32.1. The van der Waals surface area contributed by atoms with Gasteiger partial charge in [0.1, 0.15) is 6.04 Å². The van der Waals surface area contributed by atoms with E-state index in [4.69, 9.17) is 17.0 Å². The summed E-state index contributed by atoms with van der Waals surface area (Å²) in [5, 5.41) is 12.9. The van der Waals surface area contributed by atoms with Crippen LogP contribution in [0, 0.1) is 0 Å². The molecule has 0 bridgehead atoms. The zero-order chi connectivity index (χ0) is 15.2. The van der Waals surface area contributed by atoms with Crippen LogP contribution in [-0.2, 0) is 16.1 Å². The molecule has 1 aliphatic rings. The lowest BCUT2D eigenvalue weighted by molar-refractivity contribution is -0.124. The van der Waals surface area contributed by atoms with Gasteiger partial charge >= 0.3 is 0 Å². The number of rotatable bonds is 4. The van der Waals surface area contributed by atoms with Crippen LogP contribution in [0.3, 0.4) is 0 Å². The minimum atomic E-state index is -0.559. The normalized spacial score (nSPS) is 21.1. The molecule has 21 heavy (non-hydrogen) atoms. The van der Waals surface area contributed by atoms with Gasteiger partial charge in [0.05, 0.1) is 12.7 Å². The molecule has 1 amide bonds. The van der Waals surface area contributed by atoms with Gasteiger partial charge < -0.3 is 20.1 Å². The topological polar surface area (TPSA) is 61.8 Å². The minimum Gasteiger partial charge on any atom is -0.471 e. The molecule has 1 aliphatic heterocycles. The van der Waals surface area contributed by atoms with Gasteiger partial charge in [-0.1, -0.05) is 30.3 Å². The number of amides is 1. The fourth-order valence-electron chi connectivity index (χ4n) is 2.37. The molecule has 1 fully saturated rings. The molecule has 5 nitrogen and oxygen atoms in total. The summed E-state index contributed by atoms with van der Waals surface area (Å²) in [4.78, 5) is 14.0. The van der Waals surface area contributed by atoms with Crippen molar-refractivity contribution < 1.29 is 14.6 Å². The van der Waals surface area contributed by atoms with Gasteiger partial charge in [-0.05, 0) is 24.7 Å². The van der Waals surface area contributed by atoms with Crippen LogP contribution in [0.25, 0.3) is 0 Å². The third kappa shape index (κ3) is 4.15. The molecule has 0 aliphatic carbocycles. The molecule has 2 rings (SSSR count). The first kappa shape index (κ1) is 15.7. The number of carbonyl (C=O) groups is 1. The average Bonchev–Trinajstić information content (AvgIpc) is 2.88. The Bertz CT molecular complexity index is 495. The standard InChI is InChI=1S/C15H20N2O3S/c1-2-20-15(21)17-10-12(18)8-13(17)14(19)16-9-11-6-4-3-5-7-11/h3-7,12-13,18H,2,8-10H2,1H3,(H,16,19)/t12-,13-/m1/s1. The number of benzene rings is 1. The number of hydrogen-bond acceptors (Lipinski definition) is 4. The summed E-state index contributed by atoms with van der Waals surface area (Å²) >= 11 is 5.15. The van der Waals surface area contributed by atoms with Crippen LogP contribution in [0.4, 0.5) is 0 Å². The van der Waals surface area contributed by atoms with Gasteiger partial charge in [-0.25, -0.2) is 0 Å². The maximum Gasteiger partial charge on any atom is 0.260 e. The van der Waals surface area contributed by atoms with Crippen LogP contribution in [0.1, 0.15) is 18.9 Å². The number of aliphatic hydroxyl groups excluding tert-OH is 1. The molecular weight excluding hydrogens is 288 g/mol. The van der Waals surface area contributed by atoms with Crippen LogP contribution in [-0.4, -0.2) is 46.4 Å². The molecule has 0 radical (unpaired) electrons. The summed E-state index contributed by atoms with van der Waals surface area (Å²) in [6.07, 6.45) is -0.190. The highest BCUT2D eigenvalue weighted by Gasteiger charge is 2.37. The van der Waals surface area contributed by atoms with E-state index < -0.39 is 12.1 Å². The van der Waals surface area contributed by atoms with E-state index in [0.717, 1.165) is 5.56 Å². The van der Waals surface area contributed by atoms with Crippen molar-refractivity contribution in [2.24, 2.45) is 0 Å². The van der Waals surface area contributed by atoms with Crippen LogP contribution in [0.5, 0.6) is 0 Å². The number of ether oxygens (including phenoxy) is 1. The lowest BCUT2D eigenvalue weighted by Gasteiger charge is -2.25. The number of nitrogens with zero attached hydrogens (tertiary/aromatic N) is 1. The zero-order valence-electron chi connectivity index (χ0n) is 12.0. The van der Waals surface area contributed by atoms with Crippen molar-refractivity contribution in [2.45, 2.75) is 32.0 Å². The molecule has 1 aromatic rings. The summed E-state index contributed by atoms with van der Waals surface area (Å²) in [6, 6.07) is 9.22. The molecule has 0 spiro atoms. The largest absolute Gasteiger partial charge is 0.471 e. The smallest absolute Gasteiger partial charge is 0.260 e. The third-order valence-electron chi connectivity index (χ3n) is 3.39. The number of carbonyl (C=O) groups excluding carboxylic acids is 1. The van der Waals surface area contributed by atoms with Gasteiger partial charge in [0.2, 0.25) is 5.91 Å². The highest BCUT2D eigenvalue weighted by molar-refractivity contribution is 7.80. The van der Waals surface area contributed by atoms with E-state index in [1.807, 2.05) is 37.3 Å². The Hall–Kier alpha value is -1.66. The number of β-amino-alcohol motifs (C(OH)–C–C–N with tert-alkyl or cyclic N) is 1. The van der Waals surface area contributed by atoms with Crippen molar-refractivity contribution >= 4 is 23.3 Å². The van der Waals surface area contributed by atoms with Crippen molar-refractivity contribution in [1.29, 1.82) is 0 Å².